The van der Waals surface area contributed by atoms with Crippen molar-refractivity contribution in [3.8, 4) is 28.7 Å². The van der Waals surface area contributed by atoms with E-state index in [4.69, 9.17) is 15.2 Å². The van der Waals surface area contributed by atoms with E-state index in [-0.39, 0.29) is 30.6 Å². The van der Waals surface area contributed by atoms with Crippen LogP contribution in [-0.2, 0) is 0 Å². The number of nitrogens with zero attached hydrogens (tertiary/aromatic N) is 2. The fourth-order valence-electron chi connectivity index (χ4n) is 3.55. The molecule has 2 aromatic rings. The molecule has 7 nitrogen and oxygen atoms in total. The van der Waals surface area contributed by atoms with Gasteiger partial charge in [-0.25, -0.2) is 4.98 Å². The lowest BCUT2D eigenvalue weighted by Crippen LogP contribution is -2.30. The highest BCUT2D eigenvalue weighted by Gasteiger charge is 2.33. The van der Waals surface area contributed by atoms with Gasteiger partial charge in [-0.05, 0) is 37.6 Å². The van der Waals surface area contributed by atoms with Crippen LogP contribution in [0.2, 0.25) is 0 Å². The lowest BCUT2D eigenvalue weighted by molar-refractivity contribution is 0.174. The molecule has 4 rings (SSSR count). The molecule has 1 saturated heterocycles. The largest absolute Gasteiger partial charge is 0.454 e. The maximum Gasteiger partial charge on any atom is 0.231 e. The summed E-state index contributed by atoms with van der Waals surface area (Å²) >= 11 is 0. The van der Waals surface area contributed by atoms with Crippen LogP contribution in [0.1, 0.15) is 31.0 Å². The third kappa shape index (κ3) is 2.56. The van der Waals surface area contributed by atoms with Crippen molar-refractivity contribution in [3.05, 3.63) is 35.5 Å². The van der Waals surface area contributed by atoms with Crippen LogP contribution in [0.3, 0.4) is 0 Å². The van der Waals surface area contributed by atoms with Gasteiger partial charge in [0.05, 0.1) is 0 Å². The summed E-state index contributed by atoms with van der Waals surface area (Å²) in [5.74, 6) is 1.78. The molecule has 3 heterocycles. The van der Waals surface area contributed by atoms with Crippen LogP contribution in [0.5, 0.6) is 11.5 Å². The molecule has 0 radical (unpaired) electrons. The van der Waals surface area contributed by atoms with Crippen molar-refractivity contribution >= 4 is 5.82 Å². The quantitative estimate of drug-likeness (QED) is 0.768. The van der Waals surface area contributed by atoms with Crippen LogP contribution >= 0.6 is 0 Å². The van der Waals surface area contributed by atoms with E-state index in [0.717, 1.165) is 16.8 Å². The molecule has 0 aliphatic carbocycles. The number of ether oxygens (including phenoxy) is 2. The number of hydrogen-bond acceptors (Lipinski definition) is 7. The topological polar surface area (TPSA) is 105 Å². The number of anilines is 1. The predicted octanol–water partition coefficient (Wildman–Crippen LogP) is 1.90. The molecule has 0 amide bonds. The summed E-state index contributed by atoms with van der Waals surface area (Å²) in [5.41, 5.74) is 15.4. The molecule has 1 aromatic carbocycles. The molecule has 1 fully saturated rings. The maximum atomic E-state index is 9.56. The lowest BCUT2D eigenvalue weighted by atomic mass is 9.89. The van der Waals surface area contributed by atoms with Crippen molar-refractivity contribution in [1.82, 2.24) is 15.8 Å². The zero-order valence-electron chi connectivity index (χ0n) is 14.0. The summed E-state index contributed by atoms with van der Waals surface area (Å²) in [6, 6.07) is 10.2. The third-order valence-electron chi connectivity index (χ3n) is 4.82. The molecular formula is C18H19N5O2. The van der Waals surface area contributed by atoms with Gasteiger partial charge in [-0.2, -0.15) is 5.26 Å². The minimum Gasteiger partial charge on any atom is -0.454 e. The Labute approximate surface area is 145 Å². The van der Waals surface area contributed by atoms with E-state index < -0.39 is 0 Å². The molecule has 25 heavy (non-hydrogen) atoms. The van der Waals surface area contributed by atoms with Crippen LogP contribution < -0.4 is 26.1 Å². The van der Waals surface area contributed by atoms with Crippen molar-refractivity contribution < 1.29 is 9.47 Å². The van der Waals surface area contributed by atoms with E-state index in [0.29, 0.717) is 17.1 Å². The van der Waals surface area contributed by atoms with E-state index in [1.807, 2.05) is 24.3 Å². The number of nitrogens with one attached hydrogen (secondary N) is 2. The highest BCUT2D eigenvalue weighted by atomic mass is 16.7. The minimum absolute atomic E-state index is 0.155. The van der Waals surface area contributed by atoms with E-state index in [1.54, 1.807) is 0 Å². The maximum absolute atomic E-state index is 9.56. The number of aromatic nitrogens is 1. The summed E-state index contributed by atoms with van der Waals surface area (Å²) < 4.78 is 10.8. The number of hydrazine groups is 1. The summed E-state index contributed by atoms with van der Waals surface area (Å²) in [6.07, 6.45) is 0. The van der Waals surface area contributed by atoms with Gasteiger partial charge in [0, 0.05) is 29.3 Å². The van der Waals surface area contributed by atoms with Crippen LogP contribution in [0.15, 0.2) is 24.3 Å². The van der Waals surface area contributed by atoms with Crippen molar-refractivity contribution in [3.63, 3.8) is 0 Å². The number of rotatable bonds is 2. The van der Waals surface area contributed by atoms with Gasteiger partial charge in [0.25, 0.3) is 0 Å². The summed E-state index contributed by atoms with van der Waals surface area (Å²) in [6.45, 7) is 4.40. The molecule has 128 valence electrons. The average molecular weight is 337 g/mol. The van der Waals surface area contributed by atoms with E-state index in [2.05, 4.69) is 35.8 Å². The van der Waals surface area contributed by atoms with Crippen LogP contribution in [-0.4, -0.2) is 23.9 Å². The van der Waals surface area contributed by atoms with Gasteiger partial charge in [-0.3, -0.25) is 10.9 Å². The first-order chi connectivity index (χ1) is 12.1. The molecule has 2 unspecified atom stereocenters. The average Bonchev–Trinajstić information content (AvgIpc) is 3.19. The van der Waals surface area contributed by atoms with Crippen molar-refractivity contribution in [1.29, 1.82) is 5.26 Å². The summed E-state index contributed by atoms with van der Waals surface area (Å²) in [7, 11) is 0. The Morgan fingerprint density at radius 3 is 2.60 bits per heavy atom. The van der Waals surface area contributed by atoms with Crippen LogP contribution in [0.25, 0.3) is 11.1 Å². The first-order valence-electron chi connectivity index (χ1n) is 8.20. The Bertz CT molecular complexity index is 867. The molecule has 0 spiro atoms. The summed E-state index contributed by atoms with van der Waals surface area (Å²) in [4.78, 5) is 4.50. The van der Waals surface area contributed by atoms with Gasteiger partial charge in [-0.15, -0.1) is 0 Å². The van der Waals surface area contributed by atoms with Crippen LogP contribution in [0.4, 0.5) is 5.82 Å². The molecular weight excluding hydrogens is 318 g/mol. The minimum atomic E-state index is 0.155. The van der Waals surface area contributed by atoms with E-state index in [9.17, 15) is 5.26 Å². The zero-order valence-corrected chi connectivity index (χ0v) is 14.0. The third-order valence-corrected chi connectivity index (χ3v) is 4.82. The van der Waals surface area contributed by atoms with Crippen molar-refractivity contribution in [2.75, 3.05) is 12.5 Å². The number of nitrogen functional groups attached to an aromatic ring is 1. The molecule has 2 atom stereocenters. The lowest BCUT2D eigenvalue weighted by Gasteiger charge is -2.19. The normalized spacial score (nSPS) is 24.3. The van der Waals surface area contributed by atoms with Crippen molar-refractivity contribution in [2.45, 2.75) is 31.8 Å². The standard InChI is InChI=1S/C18H19N5O2/c1-9-17(10(2)23-22-9)14-6-12(13(7-19)18(20)21-14)11-3-4-15-16(5-11)25-8-24-15/h3-6,9-10,17,22-23H,8H2,1-2H3,(H2,20,21). The second-order valence-corrected chi connectivity index (χ2v) is 6.43. The van der Waals surface area contributed by atoms with Gasteiger partial charge in [0.2, 0.25) is 6.79 Å². The van der Waals surface area contributed by atoms with Gasteiger partial charge in [0.1, 0.15) is 17.5 Å². The Morgan fingerprint density at radius 1 is 1.16 bits per heavy atom. The fourth-order valence-corrected chi connectivity index (χ4v) is 3.55. The highest BCUT2D eigenvalue weighted by molar-refractivity contribution is 5.77. The summed E-state index contributed by atoms with van der Waals surface area (Å²) in [5, 5.41) is 9.56. The predicted molar refractivity (Wildman–Crippen MR) is 92.9 cm³/mol. The molecule has 0 saturated carbocycles. The Balaban J connectivity index is 1.85. The molecule has 4 N–H and O–H groups in total. The van der Waals surface area contributed by atoms with E-state index >= 15 is 0 Å². The van der Waals surface area contributed by atoms with Crippen molar-refractivity contribution in [2.24, 2.45) is 0 Å². The first kappa shape index (κ1) is 15.7. The van der Waals surface area contributed by atoms with Gasteiger partial charge < -0.3 is 15.2 Å². The fraction of sp³-hybridized carbons (Fsp3) is 0.333. The second kappa shape index (κ2) is 5.92. The van der Waals surface area contributed by atoms with E-state index in [1.165, 1.54) is 0 Å². The van der Waals surface area contributed by atoms with Crippen LogP contribution in [0, 0.1) is 11.3 Å². The van der Waals surface area contributed by atoms with Gasteiger partial charge >= 0.3 is 0 Å². The SMILES string of the molecule is CC1NNC(C)C1c1cc(-c2ccc3c(c2)OCO3)c(C#N)c(N)n1. The number of pyridine rings is 1. The Morgan fingerprint density at radius 2 is 1.88 bits per heavy atom. The number of hydrogen-bond donors (Lipinski definition) is 3. The van der Waals surface area contributed by atoms with Gasteiger partial charge in [-0.1, -0.05) is 6.07 Å². The highest BCUT2D eigenvalue weighted by Crippen LogP contribution is 2.39. The number of nitrogens with two attached hydrogens (primary N) is 1. The molecule has 7 heteroatoms. The molecule has 2 aliphatic heterocycles. The Hall–Kier alpha value is -2.82. The smallest absolute Gasteiger partial charge is 0.231 e. The molecule has 1 aromatic heterocycles. The molecule has 0 bridgehead atoms. The zero-order chi connectivity index (χ0) is 17.6. The number of nitriles is 1. The monoisotopic (exact) mass is 337 g/mol. The Kier molecular flexibility index (Phi) is 3.71. The molecule has 2 aliphatic rings. The van der Waals surface area contributed by atoms with Gasteiger partial charge in [0.15, 0.2) is 11.5 Å². The first-order valence-corrected chi connectivity index (χ1v) is 8.20. The number of fused-ring (bicyclic) bond motifs is 1. The number of benzene rings is 1. The second-order valence-electron chi connectivity index (χ2n) is 6.43.